The standard InChI is InChI=1S/C19H41N5O/c1-6-20-19(21-9-7-11-23-13-15-25-16-14-23)22-10-8-12-24(17(2)3)18(4)5/h17-18H,6-16H2,1-5H3,(H2,20,21,22). The van der Waals surface area contributed by atoms with Crippen molar-refractivity contribution in [3.63, 3.8) is 0 Å². The molecule has 0 amide bonds. The van der Waals surface area contributed by atoms with Crippen LogP contribution in [0.25, 0.3) is 0 Å². The lowest BCUT2D eigenvalue weighted by molar-refractivity contribution is 0.0376. The highest BCUT2D eigenvalue weighted by molar-refractivity contribution is 5.79. The number of hydrogen-bond donors (Lipinski definition) is 2. The molecule has 1 aliphatic rings. The first kappa shape index (κ1) is 22.2. The van der Waals surface area contributed by atoms with E-state index in [0.29, 0.717) is 12.1 Å². The van der Waals surface area contributed by atoms with Gasteiger partial charge in [-0.25, -0.2) is 0 Å². The van der Waals surface area contributed by atoms with Crippen LogP contribution in [0.15, 0.2) is 4.99 Å². The van der Waals surface area contributed by atoms with Gasteiger partial charge in [-0.15, -0.1) is 0 Å². The van der Waals surface area contributed by atoms with Crippen molar-refractivity contribution in [1.82, 2.24) is 20.4 Å². The molecule has 6 heteroatoms. The highest BCUT2D eigenvalue weighted by atomic mass is 16.5. The van der Waals surface area contributed by atoms with E-state index in [-0.39, 0.29) is 0 Å². The van der Waals surface area contributed by atoms with E-state index < -0.39 is 0 Å². The Morgan fingerprint density at radius 3 is 2.36 bits per heavy atom. The summed E-state index contributed by atoms with van der Waals surface area (Å²) in [5, 5.41) is 6.81. The smallest absolute Gasteiger partial charge is 0.191 e. The molecule has 1 aliphatic heterocycles. The third-order valence-corrected chi connectivity index (χ3v) is 4.56. The molecule has 0 aromatic heterocycles. The van der Waals surface area contributed by atoms with Crippen molar-refractivity contribution in [3.05, 3.63) is 0 Å². The Hall–Kier alpha value is -0.850. The maximum Gasteiger partial charge on any atom is 0.191 e. The number of nitrogens with one attached hydrogen (secondary N) is 2. The zero-order chi connectivity index (χ0) is 18.5. The Kier molecular flexibility index (Phi) is 11.9. The van der Waals surface area contributed by atoms with Crippen LogP contribution in [0.3, 0.4) is 0 Å². The molecule has 1 heterocycles. The van der Waals surface area contributed by atoms with Crippen LogP contribution in [0.2, 0.25) is 0 Å². The van der Waals surface area contributed by atoms with Crippen molar-refractivity contribution in [2.24, 2.45) is 4.99 Å². The molecule has 0 spiro atoms. The van der Waals surface area contributed by atoms with Crippen LogP contribution in [-0.2, 0) is 4.74 Å². The Morgan fingerprint density at radius 2 is 1.76 bits per heavy atom. The molecule has 0 aliphatic carbocycles. The fraction of sp³-hybridized carbons (Fsp3) is 0.947. The maximum absolute atomic E-state index is 5.39. The monoisotopic (exact) mass is 355 g/mol. The van der Waals surface area contributed by atoms with E-state index >= 15 is 0 Å². The van der Waals surface area contributed by atoms with Crippen LogP contribution in [0.4, 0.5) is 0 Å². The van der Waals surface area contributed by atoms with Gasteiger partial charge in [0.1, 0.15) is 0 Å². The molecule has 0 atom stereocenters. The molecule has 0 bridgehead atoms. The van der Waals surface area contributed by atoms with Crippen LogP contribution in [0.5, 0.6) is 0 Å². The predicted octanol–water partition coefficient (Wildman–Crippen LogP) is 1.77. The maximum atomic E-state index is 5.39. The summed E-state index contributed by atoms with van der Waals surface area (Å²) in [7, 11) is 0. The van der Waals surface area contributed by atoms with Gasteiger partial charge in [-0.05, 0) is 54.0 Å². The van der Waals surface area contributed by atoms with E-state index in [1.165, 1.54) is 0 Å². The highest BCUT2D eigenvalue weighted by Crippen LogP contribution is 2.05. The quantitative estimate of drug-likeness (QED) is 0.336. The van der Waals surface area contributed by atoms with E-state index in [1.807, 2.05) is 0 Å². The SMILES string of the molecule is CCNC(=NCCCN(C(C)C)C(C)C)NCCCN1CCOCC1. The normalized spacial score (nSPS) is 16.9. The Labute approximate surface area is 155 Å². The van der Waals surface area contributed by atoms with Crippen molar-refractivity contribution in [2.45, 2.75) is 59.5 Å². The minimum Gasteiger partial charge on any atom is -0.379 e. The number of rotatable bonds is 11. The molecule has 2 N–H and O–H groups in total. The van der Waals surface area contributed by atoms with Gasteiger partial charge in [0.25, 0.3) is 0 Å². The van der Waals surface area contributed by atoms with Crippen molar-refractivity contribution in [2.75, 3.05) is 59.0 Å². The largest absolute Gasteiger partial charge is 0.379 e. The van der Waals surface area contributed by atoms with Gasteiger partial charge in [0.15, 0.2) is 5.96 Å². The summed E-state index contributed by atoms with van der Waals surface area (Å²) < 4.78 is 5.39. The van der Waals surface area contributed by atoms with Crippen LogP contribution >= 0.6 is 0 Å². The third kappa shape index (κ3) is 10.0. The van der Waals surface area contributed by atoms with Crippen molar-refractivity contribution in [1.29, 1.82) is 0 Å². The number of morpholine rings is 1. The van der Waals surface area contributed by atoms with Crippen molar-refractivity contribution >= 4 is 5.96 Å². The molecule has 0 aromatic carbocycles. The van der Waals surface area contributed by atoms with Gasteiger partial charge < -0.3 is 15.4 Å². The van der Waals surface area contributed by atoms with E-state index in [2.05, 4.69) is 55.1 Å². The molecule has 25 heavy (non-hydrogen) atoms. The molecule has 0 unspecified atom stereocenters. The lowest BCUT2D eigenvalue weighted by atomic mass is 10.2. The summed E-state index contributed by atoms with van der Waals surface area (Å²) in [4.78, 5) is 9.72. The van der Waals surface area contributed by atoms with E-state index in [4.69, 9.17) is 9.73 Å². The highest BCUT2D eigenvalue weighted by Gasteiger charge is 2.12. The van der Waals surface area contributed by atoms with Crippen LogP contribution in [-0.4, -0.2) is 86.9 Å². The Balaban J connectivity index is 2.23. The molecule has 0 saturated carbocycles. The second-order valence-electron chi connectivity index (χ2n) is 7.27. The average molecular weight is 356 g/mol. The van der Waals surface area contributed by atoms with Crippen LogP contribution < -0.4 is 10.6 Å². The van der Waals surface area contributed by atoms with Crippen molar-refractivity contribution in [3.8, 4) is 0 Å². The van der Waals surface area contributed by atoms with Gasteiger partial charge in [0, 0.05) is 51.4 Å². The number of aliphatic imine (C=N–C) groups is 1. The lowest BCUT2D eigenvalue weighted by Crippen LogP contribution is -2.41. The Morgan fingerprint density at radius 1 is 1.08 bits per heavy atom. The number of ether oxygens (including phenoxy) is 1. The molecule has 1 fully saturated rings. The second kappa shape index (κ2) is 13.4. The summed E-state index contributed by atoms with van der Waals surface area (Å²) in [6.07, 6.45) is 2.24. The van der Waals surface area contributed by atoms with Crippen LogP contribution in [0, 0.1) is 0 Å². The molecule has 1 rings (SSSR count). The van der Waals surface area contributed by atoms with E-state index in [9.17, 15) is 0 Å². The molecule has 148 valence electrons. The van der Waals surface area contributed by atoms with Gasteiger partial charge in [-0.2, -0.15) is 0 Å². The molecule has 0 aromatic rings. The number of hydrogen-bond acceptors (Lipinski definition) is 4. The lowest BCUT2D eigenvalue weighted by Gasteiger charge is -2.30. The minimum absolute atomic E-state index is 0.593. The summed E-state index contributed by atoms with van der Waals surface area (Å²) in [6, 6.07) is 1.19. The van der Waals surface area contributed by atoms with E-state index in [1.54, 1.807) is 0 Å². The molecule has 0 radical (unpaired) electrons. The summed E-state index contributed by atoms with van der Waals surface area (Å²) in [5.74, 6) is 0.949. The fourth-order valence-corrected chi connectivity index (χ4v) is 3.23. The molecular weight excluding hydrogens is 314 g/mol. The molecular formula is C19H41N5O. The first-order chi connectivity index (χ1) is 12.0. The fourth-order valence-electron chi connectivity index (χ4n) is 3.23. The predicted molar refractivity (Wildman–Crippen MR) is 107 cm³/mol. The topological polar surface area (TPSA) is 52.1 Å². The van der Waals surface area contributed by atoms with Crippen molar-refractivity contribution < 1.29 is 4.74 Å². The molecule has 6 nitrogen and oxygen atoms in total. The average Bonchev–Trinajstić information content (AvgIpc) is 2.58. The minimum atomic E-state index is 0.593. The van der Waals surface area contributed by atoms with Gasteiger partial charge in [-0.3, -0.25) is 14.8 Å². The van der Waals surface area contributed by atoms with Gasteiger partial charge in [0.05, 0.1) is 13.2 Å². The first-order valence-corrected chi connectivity index (χ1v) is 10.1. The number of nitrogens with zero attached hydrogens (tertiary/aromatic N) is 3. The zero-order valence-corrected chi connectivity index (χ0v) is 17.2. The summed E-state index contributed by atoms with van der Waals surface area (Å²) in [5.41, 5.74) is 0. The van der Waals surface area contributed by atoms with Gasteiger partial charge >= 0.3 is 0 Å². The first-order valence-electron chi connectivity index (χ1n) is 10.1. The van der Waals surface area contributed by atoms with Crippen LogP contribution in [0.1, 0.15) is 47.5 Å². The number of guanidine groups is 1. The van der Waals surface area contributed by atoms with Gasteiger partial charge in [0.2, 0.25) is 0 Å². The third-order valence-electron chi connectivity index (χ3n) is 4.56. The van der Waals surface area contributed by atoms with Gasteiger partial charge in [-0.1, -0.05) is 0 Å². The summed E-state index contributed by atoms with van der Waals surface area (Å²) in [6.45, 7) is 20.0. The Bertz CT molecular complexity index is 346. The second-order valence-corrected chi connectivity index (χ2v) is 7.27. The zero-order valence-electron chi connectivity index (χ0n) is 17.2. The molecule has 1 saturated heterocycles. The van der Waals surface area contributed by atoms with E-state index in [0.717, 1.165) is 77.8 Å². The summed E-state index contributed by atoms with van der Waals surface area (Å²) >= 11 is 0.